The van der Waals surface area contributed by atoms with Crippen molar-refractivity contribution in [2.24, 2.45) is 0 Å². The molecule has 0 amide bonds. The van der Waals surface area contributed by atoms with Gasteiger partial charge in [-0.15, -0.1) is 0 Å². The average Bonchev–Trinajstić information content (AvgIpc) is 2.37. The van der Waals surface area contributed by atoms with Crippen LogP contribution >= 0.6 is 11.6 Å². The SMILES string of the molecule is Cc1nc(Cl)nc(NCCc2ccccc2F)c1N. The van der Waals surface area contributed by atoms with Gasteiger partial charge in [0, 0.05) is 6.54 Å². The van der Waals surface area contributed by atoms with E-state index in [9.17, 15) is 4.39 Å². The quantitative estimate of drug-likeness (QED) is 0.846. The molecule has 0 spiro atoms. The minimum atomic E-state index is -0.214. The number of nitrogens with two attached hydrogens (primary N) is 1. The van der Waals surface area contributed by atoms with Gasteiger partial charge >= 0.3 is 0 Å². The topological polar surface area (TPSA) is 63.8 Å². The van der Waals surface area contributed by atoms with Crippen molar-refractivity contribution in [1.82, 2.24) is 9.97 Å². The largest absolute Gasteiger partial charge is 0.394 e. The van der Waals surface area contributed by atoms with Crippen LogP contribution < -0.4 is 11.1 Å². The van der Waals surface area contributed by atoms with Gasteiger partial charge in [-0.2, -0.15) is 4.98 Å². The Morgan fingerprint density at radius 2 is 2.05 bits per heavy atom. The smallest absolute Gasteiger partial charge is 0.224 e. The molecular formula is C13H14ClFN4. The number of hydrogen-bond donors (Lipinski definition) is 2. The molecule has 0 aliphatic carbocycles. The summed E-state index contributed by atoms with van der Waals surface area (Å²) in [6, 6.07) is 6.66. The van der Waals surface area contributed by atoms with Gasteiger partial charge in [-0.05, 0) is 36.6 Å². The van der Waals surface area contributed by atoms with Crippen LogP contribution in [0.2, 0.25) is 5.28 Å². The van der Waals surface area contributed by atoms with Crippen molar-refractivity contribution in [3.8, 4) is 0 Å². The van der Waals surface area contributed by atoms with Crippen LogP contribution in [0.3, 0.4) is 0 Å². The molecule has 0 fully saturated rings. The molecule has 4 nitrogen and oxygen atoms in total. The van der Waals surface area contributed by atoms with Crippen LogP contribution in [-0.2, 0) is 6.42 Å². The highest BCUT2D eigenvalue weighted by Gasteiger charge is 2.07. The van der Waals surface area contributed by atoms with Crippen molar-refractivity contribution in [3.63, 3.8) is 0 Å². The molecule has 0 saturated carbocycles. The fraction of sp³-hybridized carbons (Fsp3) is 0.231. The minimum Gasteiger partial charge on any atom is -0.394 e. The first kappa shape index (κ1) is 13.5. The van der Waals surface area contributed by atoms with Crippen molar-refractivity contribution < 1.29 is 4.39 Å². The summed E-state index contributed by atoms with van der Waals surface area (Å²) >= 11 is 5.77. The van der Waals surface area contributed by atoms with Gasteiger partial charge in [-0.1, -0.05) is 18.2 Å². The van der Waals surface area contributed by atoms with Crippen molar-refractivity contribution >= 4 is 23.1 Å². The third-order valence-electron chi connectivity index (χ3n) is 2.75. The Morgan fingerprint density at radius 1 is 1.32 bits per heavy atom. The Bertz CT molecular complexity index is 589. The van der Waals surface area contributed by atoms with Gasteiger partial charge < -0.3 is 11.1 Å². The molecule has 0 saturated heterocycles. The molecule has 1 aromatic heterocycles. The maximum Gasteiger partial charge on any atom is 0.224 e. The lowest BCUT2D eigenvalue weighted by atomic mass is 10.1. The fourth-order valence-corrected chi connectivity index (χ4v) is 1.91. The molecule has 19 heavy (non-hydrogen) atoms. The number of halogens is 2. The highest BCUT2D eigenvalue weighted by Crippen LogP contribution is 2.20. The number of rotatable bonds is 4. The Labute approximate surface area is 115 Å². The van der Waals surface area contributed by atoms with Crippen LogP contribution in [0.4, 0.5) is 15.9 Å². The number of nitrogens with one attached hydrogen (secondary N) is 1. The first-order valence-electron chi connectivity index (χ1n) is 5.85. The standard InChI is InChI=1S/C13H14ClFN4/c1-8-11(16)12(19-13(14)18-8)17-7-6-9-4-2-3-5-10(9)15/h2-5H,6-7,16H2,1H3,(H,17,18,19). The molecular weight excluding hydrogens is 267 g/mol. The zero-order valence-electron chi connectivity index (χ0n) is 10.5. The summed E-state index contributed by atoms with van der Waals surface area (Å²) in [4.78, 5) is 7.96. The summed E-state index contributed by atoms with van der Waals surface area (Å²) in [6.45, 7) is 2.27. The molecule has 2 aromatic rings. The van der Waals surface area contributed by atoms with Gasteiger partial charge in [-0.3, -0.25) is 0 Å². The van der Waals surface area contributed by atoms with Crippen LogP contribution in [0.15, 0.2) is 24.3 Å². The van der Waals surface area contributed by atoms with Crippen LogP contribution in [-0.4, -0.2) is 16.5 Å². The summed E-state index contributed by atoms with van der Waals surface area (Å²) in [5.41, 5.74) is 7.56. The molecule has 0 unspecified atom stereocenters. The van der Waals surface area contributed by atoms with E-state index in [0.29, 0.717) is 35.7 Å². The molecule has 100 valence electrons. The molecule has 0 bridgehead atoms. The van der Waals surface area contributed by atoms with E-state index in [1.54, 1.807) is 25.1 Å². The first-order valence-corrected chi connectivity index (χ1v) is 6.22. The van der Waals surface area contributed by atoms with E-state index >= 15 is 0 Å². The number of hydrogen-bond acceptors (Lipinski definition) is 4. The predicted octanol–water partition coefficient (Wildman–Crippen LogP) is 2.81. The summed E-state index contributed by atoms with van der Waals surface area (Å²) in [7, 11) is 0. The summed E-state index contributed by atoms with van der Waals surface area (Å²) in [5.74, 6) is 0.267. The van der Waals surface area contributed by atoms with Crippen molar-refractivity contribution in [3.05, 3.63) is 46.6 Å². The van der Waals surface area contributed by atoms with Gasteiger partial charge in [0.2, 0.25) is 5.28 Å². The third kappa shape index (κ3) is 3.32. The van der Waals surface area contributed by atoms with Gasteiger partial charge in [-0.25, -0.2) is 9.37 Å². The number of benzene rings is 1. The lowest BCUT2D eigenvalue weighted by molar-refractivity contribution is 0.610. The van der Waals surface area contributed by atoms with Crippen molar-refractivity contribution in [2.75, 3.05) is 17.6 Å². The molecule has 0 radical (unpaired) electrons. The maximum absolute atomic E-state index is 13.4. The highest BCUT2D eigenvalue weighted by molar-refractivity contribution is 6.28. The van der Waals surface area contributed by atoms with Crippen molar-refractivity contribution in [1.29, 1.82) is 0 Å². The average molecular weight is 281 g/mol. The van der Waals surface area contributed by atoms with Crippen LogP contribution in [0.1, 0.15) is 11.3 Å². The molecule has 1 heterocycles. The molecule has 0 atom stereocenters. The zero-order chi connectivity index (χ0) is 13.8. The van der Waals surface area contributed by atoms with E-state index in [1.165, 1.54) is 6.07 Å². The molecule has 2 rings (SSSR count). The lowest BCUT2D eigenvalue weighted by Gasteiger charge is -2.10. The van der Waals surface area contributed by atoms with Crippen LogP contribution in [0.25, 0.3) is 0 Å². The van der Waals surface area contributed by atoms with Crippen molar-refractivity contribution in [2.45, 2.75) is 13.3 Å². The molecule has 0 aliphatic heterocycles. The van der Waals surface area contributed by atoms with E-state index in [1.807, 2.05) is 0 Å². The normalized spacial score (nSPS) is 10.5. The second-order valence-corrected chi connectivity index (χ2v) is 4.45. The number of aromatic nitrogens is 2. The Hall–Kier alpha value is -1.88. The zero-order valence-corrected chi connectivity index (χ0v) is 11.2. The Kier molecular flexibility index (Phi) is 4.16. The molecule has 6 heteroatoms. The first-order chi connectivity index (χ1) is 9.08. The number of aryl methyl sites for hydroxylation is 1. The van der Waals surface area contributed by atoms with Crippen LogP contribution in [0, 0.1) is 12.7 Å². The number of anilines is 2. The summed E-state index contributed by atoms with van der Waals surface area (Å²) < 4.78 is 13.4. The lowest BCUT2D eigenvalue weighted by Crippen LogP contribution is -2.11. The van der Waals surface area contributed by atoms with Gasteiger partial charge in [0.15, 0.2) is 5.82 Å². The van der Waals surface area contributed by atoms with Gasteiger partial charge in [0.25, 0.3) is 0 Å². The predicted molar refractivity (Wildman–Crippen MR) is 74.8 cm³/mol. The highest BCUT2D eigenvalue weighted by atomic mass is 35.5. The fourth-order valence-electron chi connectivity index (χ4n) is 1.70. The molecule has 1 aromatic carbocycles. The number of nitrogens with zero attached hydrogens (tertiary/aromatic N) is 2. The van der Waals surface area contributed by atoms with Gasteiger partial charge in [0.1, 0.15) is 5.82 Å². The van der Waals surface area contributed by atoms with E-state index in [-0.39, 0.29) is 11.1 Å². The minimum absolute atomic E-state index is 0.139. The maximum atomic E-state index is 13.4. The van der Waals surface area contributed by atoms with E-state index in [4.69, 9.17) is 17.3 Å². The third-order valence-corrected chi connectivity index (χ3v) is 2.92. The Balaban J connectivity index is 2.02. The molecule has 3 N–H and O–H groups in total. The van der Waals surface area contributed by atoms with Gasteiger partial charge in [0.05, 0.1) is 11.4 Å². The Morgan fingerprint density at radius 3 is 2.79 bits per heavy atom. The van der Waals surface area contributed by atoms with Crippen LogP contribution in [0.5, 0.6) is 0 Å². The number of nitrogen functional groups attached to an aromatic ring is 1. The monoisotopic (exact) mass is 280 g/mol. The van der Waals surface area contributed by atoms with E-state index in [0.717, 1.165) is 0 Å². The second-order valence-electron chi connectivity index (χ2n) is 4.11. The summed E-state index contributed by atoms with van der Waals surface area (Å²) in [6.07, 6.45) is 0.535. The van der Waals surface area contributed by atoms with E-state index in [2.05, 4.69) is 15.3 Å². The molecule has 0 aliphatic rings. The second kappa shape index (κ2) is 5.84. The summed E-state index contributed by atoms with van der Waals surface area (Å²) in [5, 5.41) is 3.18. The van der Waals surface area contributed by atoms with E-state index < -0.39 is 0 Å².